The van der Waals surface area contributed by atoms with Crippen molar-refractivity contribution in [3.05, 3.63) is 180 Å². The summed E-state index contributed by atoms with van der Waals surface area (Å²) >= 11 is 0. The summed E-state index contributed by atoms with van der Waals surface area (Å²) in [6.07, 6.45) is 16.0. The summed E-state index contributed by atoms with van der Waals surface area (Å²) in [5.74, 6) is 1.91. The van der Waals surface area contributed by atoms with Crippen LogP contribution in [0.5, 0.6) is 0 Å². The van der Waals surface area contributed by atoms with Crippen molar-refractivity contribution in [1.82, 2.24) is 19.9 Å². The van der Waals surface area contributed by atoms with E-state index in [-0.39, 0.29) is 0 Å². The molecule has 0 radical (unpaired) electrons. The maximum atomic E-state index is 5.15. The molecule has 0 fully saturated rings. The van der Waals surface area contributed by atoms with Crippen LogP contribution in [0.1, 0.15) is 42.5 Å². The van der Waals surface area contributed by atoms with E-state index in [2.05, 4.69) is 134 Å². The van der Waals surface area contributed by atoms with Crippen molar-refractivity contribution in [2.75, 3.05) is 0 Å². The highest BCUT2D eigenvalue weighted by Crippen LogP contribution is 2.40. The van der Waals surface area contributed by atoms with Crippen LogP contribution >= 0.6 is 0 Å². The summed E-state index contributed by atoms with van der Waals surface area (Å²) in [6.45, 7) is 4.40. The van der Waals surface area contributed by atoms with Crippen molar-refractivity contribution in [2.24, 2.45) is 0 Å². The van der Waals surface area contributed by atoms with Gasteiger partial charge in [-0.2, -0.15) is 0 Å². The number of hydrogen-bond donors (Lipinski definition) is 0. The number of benzene rings is 6. The van der Waals surface area contributed by atoms with Crippen molar-refractivity contribution >= 4 is 22.9 Å². The molecule has 0 saturated carbocycles. The Kier molecular flexibility index (Phi) is 9.23. The Morgan fingerprint density at radius 2 is 1.13 bits per heavy atom. The van der Waals surface area contributed by atoms with Gasteiger partial charge in [-0.25, -0.2) is 15.0 Å². The van der Waals surface area contributed by atoms with Crippen LogP contribution in [0.15, 0.2) is 158 Å². The van der Waals surface area contributed by atoms with E-state index in [4.69, 9.17) is 15.0 Å². The fourth-order valence-electron chi connectivity index (χ4n) is 7.94. The van der Waals surface area contributed by atoms with Gasteiger partial charge < -0.3 is 0 Å². The Labute approximate surface area is 322 Å². The van der Waals surface area contributed by atoms with Crippen LogP contribution in [0.25, 0.3) is 90.5 Å². The van der Waals surface area contributed by atoms with E-state index in [9.17, 15) is 0 Å². The van der Waals surface area contributed by atoms with Crippen molar-refractivity contribution in [3.8, 4) is 67.5 Å². The number of aromatic nitrogens is 4. The zero-order chi connectivity index (χ0) is 37.1. The lowest BCUT2D eigenvalue weighted by Gasteiger charge is -2.22. The molecule has 2 heterocycles. The second-order valence-corrected chi connectivity index (χ2v) is 14.0. The summed E-state index contributed by atoms with van der Waals surface area (Å²) < 4.78 is 0. The van der Waals surface area contributed by atoms with E-state index in [0.717, 1.165) is 69.3 Å². The molecule has 1 aliphatic rings. The Morgan fingerprint density at radius 1 is 0.545 bits per heavy atom. The second kappa shape index (κ2) is 14.9. The molecule has 0 N–H and O–H groups in total. The van der Waals surface area contributed by atoms with E-state index in [1.165, 1.54) is 33.0 Å². The molecule has 2 aromatic heterocycles. The molecular weight excluding hydrogens is 669 g/mol. The smallest absolute Gasteiger partial charge is 0.164 e. The van der Waals surface area contributed by atoms with Crippen molar-refractivity contribution < 1.29 is 0 Å². The molecule has 55 heavy (non-hydrogen) atoms. The van der Waals surface area contributed by atoms with E-state index < -0.39 is 0 Å². The van der Waals surface area contributed by atoms with Gasteiger partial charge in [-0.05, 0) is 123 Å². The van der Waals surface area contributed by atoms with Crippen LogP contribution in [0.3, 0.4) is 0 Å². The van der Waals surface area contributed by atoms with Crippen LogP contribution < -0.4 is 0 Å². The van der Waals surface area contributed by atoms with E-state index >= 15 is 0 Å². The van der Waals surface area contributed by atoms with Gasteiger partial charge in [0.05, 0.1) is 0 Å². The summed E-state index contributed by atoms with van der Waals surface area (Å²) in [6, 6.07) is 46.8. The average molecular weight is 709 g/mol. The predicted octanol–water partition coefficient (Wildman–Crippen LogP) is 13.0. The SMILES string of the molecule is C/C=C\c1c(CC)c2c(c3ccc(-c4cc(-c5cccc(-c6cccnc6)c5)cc(-c5nc(-c6ccccc6)nc(-c6ccccc6)n5)c4)cc13)C=CCC2. The topological polar surface area (TPSA) is 51.6 Å². The van der Waals surface area contributed by atoms with E-state index in [0.29, 0.717) is 17.5 Å². The van der Waals surface area contributed by atoms with Gasteiger partial charge in [0, 0.05) is 34.6 Å². The third-order valence-corrected chi connectivity index (χ3v) is 10.6. The highest BCUT2D eigenvalue weighted by molar-refractivity contribution is 6.02. The lowest BCUT2D eigenvalue weighted by atomic mass is 9.82. The van der Waals surface area contributed by atoms with E-state index in [1.807, 2.05) is 54.9 Å². The van der Waals surface area contributed by atoms with Crippen LogP contribution in [0, 0.1) is 0 Å². The Morgan fingerprint density at radius 3 is 1.76 bits per heavy atom. The normalized spacial score (nSPS) is 12.3. The largest absolute Gasteiger partial charge is 0.264 e. The minimum atomic E-state index is 0.627. The van der Waals surface area contributed by atoms with Gasteiger partial charge >= 0.3 is 0 Å². The van der Waals surface area contributed by atoms with Gasteiger partial charge in [0.25, 0.3) is 0 Å². The quantitative estimate of drug-likeness (QED) is 0.158. The summed E-state index contributed by atoms with van der Waals surface area (Å²) in [4.78, 5) is 19.7. The minimum absolute atomic E-state index is 0.627. The molecule has 9 rings (SSSR count). The second-order valence-electron chi connectivity index (χ2n) is 14.0. The third-order valence-electron chi connectivity index (χ3n) is 10.6. The first kappa shape index (κ1) is 34.0. The molecule has 1 aliphatic carbocycles. The monoisotopic (exact) mass is 708 g/mol. The average Bonchev–Trinajstić information content (AvgIpc) is 3.27. The summed E-state index contributed by atoms with van der Waals surface area (Å²) in [5, 5.41) is 2.58. The zero-order valence-electron chi connectivity index (χ0n) is 31.1. The number of hydrogen-bond acceptors (Lipinski definition) is 4. The van der Waals surface area contributed by atoms with Gasteiger partial charge in [0.15, 0.2) is 17.5 Å². The molecule has 0 amide bonds. The van der Waals surface area contributed by atoms with Crippen molar-refractivity contribution in [1.29, 1.82) is 0 Å². The van der Waals surface area contributed by atoms with Crippen LogP contribution in [0.2, 0.25) is 0 Å². The first-order valence-electron chi connectivity index (χ1n) is 19.1. The maximum Gasteiger partial charge on any atom is 0.164 e. The molecular formula is C51H40N4. The first-order valence-corrected chi connectivity index (χ1v) is 19.1. The number of pyridine rings is 1. The molecule has 8 aromatic rings. The van der Waals surface area contributed by atoms with Crippen LogP contribution in [-0.4, -0.2) is 19.9 Å². The molecule has 0 unspecified atom stereocenters. The molecule has 0 atom stereocenters. The van der Waals surface area contributed by atoms with Gasteiger partial charge in [-0.3, -0.25) is 4.98 Å². The molecule has 0 spiro atoms. The number of fused-ring (bicyclic) bond motifs is 3. The van der Waals surface area contributed by atoms with Crippen molar-refractivity contribution in [2.45, 2.75) is 33.1 Å². The lowest BCUT2D eigenvalue weighted by Crippen LogP contribution is -2.04. The maximum absolute atomic E-state index is 5.15. The molecule has 0 bridgehead atoms. The molecule has 4 nitrogen and oxygen atoms in total. The fraction of sp³-hybridized carbons (Fsp3) is 0.0980. The van der Waals surface area contributed by atoms with E-state index in [1.54, 1.807) is 0 Å². The van der Waals surface area contributed by atoms with Gasteiger partial charge in [0.1, 0.15) is 0 Å². The summed E-state index contributed by atoms with van der Waals surface area (Å²) in [7, 11) is 0. The summed E-state index contributed by atoms with van der Waals surface area (Å²) in [5.41, 5.74) is 15.1. The Hall–Kier alpha value is -6.78. The predicted molar refractivity (Wildman–Crippen MR) is 229 cm³/mol. The molecule has 4 heteroatoms. The van der Waals surface area contributed by atoms with Crippen LogP contribution in [0.4, 0.5) is 0 Å². The molecule has 6 aromatic carbocycles. The van der Waals surface area contributed by atoms with Crippen LogP contribution in [-0.2, 0) is 12.8 Å². The van der Waals surface area contributed by atoms with Gasteiger partial charge in [0.2, 0.25) is 0 Å². The Balaban J connectivity index is 1.29. The number of nitrogens with zero attached hydrogens (tertiary/aromatic N) is 4. The molecule has 264 valence electrons. The third kappa shape index (κ3) is 6.68. The zero-order valence-corrected chi connectivity index (χ0v) is 31.1. The molecule has 0 aliphatic heterocycles. The standard InChI is InChI=1S/C51H40N4/c1-3-15-44-43(4-2)45-23-11-12-24-46(45)47-26-25-38(32-48(44)47)41-29-40(37-21-13-20-36(28-37)39-22-14-27-52-33-39)30-42(31-41)51-54-49(34-16-7-5-8-17-34)53-50(55-51)35-18-9-6-10-19-35/h3,5-10,12-22,24-33H,4,11,23H2,1-2H3/b15-3-. The lowest BCUT2D eigenvalue weighted by molar-refractivity contribution is 0.949. The molecule has 0 saturated heterocycles. The minimum Gasteiger partial charge on any atom is -0.264 e. The highest BCUT2D eigenvalue weighted by atomic mass is 15.0. The van der Waals surface area contributed by atoms with Gasteiger partial charge in [-0.15, -0.1) is 0 Å². The number of allylic oxidation sites excluding steroid dienone is 2. The first-order chi connectivity index (χ1) is 27.2. The highest BCUT2D eigenvalue weighted by Gasteiger charge is 2.19. The fourth-order valence-corrected chi connectivity index (χ4v) is 7.94. The Bertz CT molecular complexity index is 2670. The van der Waals surface area contributed by atoms with Gasteiger partial charge in [-0.1, -0.05) is 128 Å². The van der Waals surface area contributed by atoms with Crippen molar-refractivity contribution in [3.63, 3.8) is 0 Å². The number of rotatable bonds is 8.